The molecular weight excluding hydrogens is 158 g/mol. The fourth-order valence-corrected chi connectivity index (χ4v) is 2.02. The van der Waals surface area contributed by atoms with Crippen molar-refractivity contribution in [3.05, 3.63) is 0 Å². The van der Waals surface area contributed by atoms with Crippen LogP contribution in [0.3, 0.4) is 0 Å². The van der Waals surface area contributed by atoms with Crippen LogP contribution in [0.5, 0.6) is 0 Å². The summed E-state index contributed by atoms with van der Waals surface area (Å²) in [6.45, 7) is 2.67. The van der Waals surface area contributed by atoms with E-state index in [1.165, 1.54) is 25.1 Å². The molecule has 1 aliphatic rings. The van der Waals surface area contributed by atoms with E-state index in [1.807, 2.05) is 11.8 Å². The number of hydrogen-bond acceptors (Lipinski definition) is 3. The summed E-state index contributed by atoms with van der Waals surface area (Å²) in [7, 11) is 0. The van der Waals surface area contributed by atoms with Crippen LogP contribution in [0.2, 0.25) is 0 Å². The smallest absolute Gasteiger partial charge is 0.0586 e. The first-order valence-corrected chi connectivity index (χ1v) is 5.61. The van der Waals surface area contributed by atoms with E-state index in [9.17, 15) is 0 Å². The molecule has 0 aliphatic carbocycles. The fraction of sp³-hybridized carbons (Fsp3) is 1.00. The van der Waals surface area contributed by atoms with Gasteiger partial charge in [-0.3, -0.25) is 4.90 Å². The molecule has 1 fully saturated rings. The highest BCUT2D eigenvalue weighted by molar-refractivity contribution is 7.98. The van der Waals surface area contributed by atoms with Gasteiger partial charge in [-0.1, -0.05) is 0 Å². The van der Waals surface area contributed by atoms with Gasteiger partial charge >= 0.3 is 0 Å². The SMILES string of the molecule is CSCCN1CCC[C@H]1CO. The van der Waals surface area contributed by atoms with Gasteiger partial charge in [-0.2, -0.15) is 11.8 Å². The van der Waals surface area contributed by atoms with Gasteiger partial charge in [0.2, 0.25) is 0 Å². The third kappa shape index (κ3) is 2.65. The molecule has 1 heterocycles. The van der Waals surface area contributed by atoms with Gasteiger partial charge in [0.15, 0.2) is 0 Å². The number of rotatable bonds is 4. The molecule has 1 N–H and O–H groups in total. The molecule has 1 saturated heterocycles. The number of aliphatic hydroxyl groups excluding tert-OH is 1. The molecule has 0 amide bonds. The lowest BCUT2D eigenvalue weighted by atomic mass is 10.2. The topological polar surface area (TPSA) is 23.5 Å². The van der Waals surface area contributed by atoms with Gasteiger partial charge in [0.25, 0.3) is 0 Å². The highest BCUT2D eigenvalue weighted by Gasteiger charge is 2.22. The zero-order valence-corrected chi connectivity index (χ0v) is 7.94. The molecule has 0 radical (unpaired) electrons. The maximum Gasteiger partial charge on any atom is 0.0586 e. The monoisotopic (exact) mass is 175 g/mol. The molecule has 0 aromatic rings. The summed E-state index contributed by atoms with van der Waals surface area (Å²) in [4.78, 5) is 2.40. The highest BCUT2D eigenvalue weighted by Crippen LogP contribution is 2.16. The zero-order valence-electron chi connectivity index (χ0n) is 7.12. The first kappa shape index (κ1) is 9.36. The molecule has 3 heteroatoms. The van der Waals surface area contributed by atoms with Crippen molar-refractivity contribution in [1.29, 1.82) is 0 Å². The Balaban J connectivity index is 2.20. The molecule has 0 spiro atoms. The summed E-state index contributed by atoms with van der Waals surface area (Å²) in [5.74, 6) is 1.19. The van der Waals surface area contributed by atoms with Gasteiger partial charge in [0.05, 0.1) is 6.61 Å². The Hall–Kier alpha value is 0.270. The minimum absolute atomic E-state index is 0.342. The molecule has 0 aromatic heterocycles. The lowest BCUT2D eigenvalue weighted by Gasteiger charge is -2.21. The molecule has 0 unspecified atom stereocenters. The average molecular weight is 175 g/mol. The lowest BCUT2D eigenvalue weighted by Crippen LogP contribution is -2.33. The van der Waals surface area contributed by atoms with Crippen LogP contribution in [0.1, 0.15) is 12.8 Å². The molecule has 1 rings (SSSR count). The van der Waals surface area contributed by atoms with Gasteiger partial charge in [-0.15, -0.1) is 0 Å². The van der Waals surface area contributed by atoms with E-state index in [1.54, 1.807) is 0 Å². The third-order valence-corrected chi connectivity index (χ3v) is 2.88. The van der Waals surface area contributed by atoms with Crippen molar-refractivity contribution in [3.63, 3.8) is 0 Å². The summed E-state index contributed by atoms with van der Waals surface area (Å²) in [6.07, 6.45) is 4.58. The Bertz CT molecular complexity index is 110. The van der Waals surface area contributed by atoms with Crippen LogP contribution in [0.15, 0.2) is 0 Å². The first-order valence-electron chi connectivity index (χ1n) is 4.22. The summed E-state index contributed by atoms with van der Waals surface area (Å²) in [6, 6.07) is 0.460. The van der Waals surface area contributed by atoms with E-state index in [2.05, 4.69) is 11.2 Å². The van der Waals surface area contributed by atoms with Gasteiger partial charge in [0.1, 0.15) is 0 Å². The highest BCUT2D eigenvalue weighted by atomic mass is 32.2. The molecule has 0 aromatic carbocycles. The number of hydrogen-bond donors (Lipinski definition) is 1. The van der Waals surface area contributed by atoms with E-state index in [0.29, 0.717) is 12.6 Å². The second-order valence-electron chi connectivity index (χ2n) is 3.01. The molecule has 1 aliphatic heterocycles. The largest absolute Gasteiger partial charge is 0.395 e. The van der Waals surface area contributed by atoms with Gasteiger partial charge < -0.3 is 5.11 Å². The van der Waals surface area contributed by atoms with E-state index >= 15 is 0 Å². The van der Waals surface area contributed by atoms with Gasteiger partial charge in [0, 0.05) is 18.3 Å². The van der Waals surface area contributed by atoms with Crippen molar-refractivity contribution in [3.8, 4) is 0 Å². The average Bonchev–Trinajstić information content (AvgIpc) is 2.47. The van der Waals surface area contributed by atoms with Crippen molar-refractivity contribution in [1.82, 2.24) is 4.90 Å². The summed E-state index contributed by atoms with van der Waals surface area (Å²) in [5.41, 5.74) is 0. The minimum Gasteiger partial charge on any atom is -0.395 e. The zero-order chi connectivity index (χ0) is 8.10. The number of aliphatic hydroxyl groups is 1. The maximum absolute atomic E-state index is 8.99. The van der Waals surface area contributed by atoms with Crippen LogP contribution in [-0.4, -0.2) is 47.8 Å². The number of thioether (sulfide) groups is 1. The molecular formula is C8H17NOS. The molecule has 66 valence electrons. The van der Waals surface area contributed by atoms with Crippen LogP contribution >= 0.6 is 11.8 Å². The van der Waals surface area contributed by atoms with Crippen LogP contribution < -0.4 is 0 Å². The fourth-order valence-electron chi connectivity index (χ4n) is 1.60. The Morgan fingerprint density at radius 1 is 1.64 bits per heavy atom. The minimum atomic E-state index is 0.342. The van der Waals surface area contributed by atoms with Gasteiger partial charge in [-0.05, 0) is 25.6 Å². The van der Waals surface area contributed by atoms with E-state index < -0.39 is 0 Å². The second kappa shape index (κ2) is 5.01. The Kier molecular flexibility index (Phi) is 4.26. The quantitative estimate of drug-likeness (QED) is 0.684. The van der Waals surface area contributed by atoms with Crippen LogP contribution in [0, 0.1) is 0 Å². The standard InChI is InChI=1S/C8H17NOS/c1-11-6-5-9-4-2-3-8(9)7-10/h8,10H,2-7H2,1H3/t8-/m0/s1. The van der Waals surface area contributed by atoms with Crippen LogP contribution in [0.25, 0.3) is 0 Å². The first-order chi connectivity index (χ1) is 5.38. The van der Waals surface area contributed by atoms with Crippen molar-refractivity contribution in [2.24, 2.45) is 0 Å². The van der Waals surface area contributed by atoms with Crippen molar-refractivity contribution < 1.29 is 5.11 Å². The van der Waals surface area contributed by atoms with Crippen molar-refractivity contribution >= 4 is 11.8 Å². The number of likely N-dealkylation sites (tertiary alicyclic amines) is 1. The summed E-state index contributed by atoms with van der Waals surface area (Å²) in [5, 5.41) is 8.99. The molecule has 0 saturated carbocycles. The van der Waals surface area contributed by atoms with Crippen LogP contribution in [0.4, 0.5) is 0 Å². The van der Waals surface area contributed by atoms with E-state index in [4.69, 9.17) is 5.11 Å². The molecule has 2 nitrogen and oxygen atoms in total. The maximum atomic E-state index is 8.99. The Morgan fingerprint density at radius 3 is 3.09 bits per heavy atom. The van der Waals surface area contributed by atoms with E-state index in [-0.39, 0.29) is 0 Å². The Labute approximate surface area is 73.0 Å². The second-order valence-corrected chi connectivity index (χ2v) is 3.99. The normalized spacial score (nSPS) is 26.2. The molecule has 11 heavy (non-hydrogen) atoms. The van der Waals surface area contributed by atoms with E-state index in [0.717, 1.165) is 6.54 Å². The molecule has 1 atom stereocenters. The summed E-state index contributed by atoms with van der Waals surface area (Å²) < 4.78 is 0. The molecule has 0 bridgehead atoms. The van der Waals surface area contributed by atoms with Crippen molar-refractivity contribution in [2.75, 3.05) is 31.7 Å². The Morgan fingerprint density at radius 2 is 2.45 bits per heavy atom. The summed E-state index contributed by atoms with van der Waals surface area (Å²) >= 11 is 1.88. The van der Waals surface area contributed by atoms with Gasteiger partial charge in [-0.25, -0.2) is 0 Å². The van der Waals surface area contributed by atoms with Crippen molar-refractivity contribution in [2.45, 2.75) is 18.9 Å². The lowest BCUT2D eigenvalue weighted by molar-refractivity contribution is 0.165. The predicted molar refractivity (Wildman–Crippen MR) is 50.1 cm³/mol. The third-order valence-electron chi connectivity index (χ3n) is 2.29. The number of nitrogens with zero attached hydrogens (tertiary/aromatic N) is 1. The van der Waals surface area contributed by atoms with Crippen LogP contribution in [-0.2, 0) is 0 Å². The predicted octanol–water partition coefficient (Wildman–Crippen LogP) is 0.806.